The molecule has 1 unspecified atom stereocenters. The number of nitrogens with two attached hydrogens (primary N) is 1. The molecule has 0 aliphatic carbocycles. The maximum Gasteiger partial charge on any atom is 0.229 e. The van der Waals surface area contributed by atoms with Gasteiger partial charge in [0.25, 0.3) is 0 Å². The third-order valence-corrected chi connectivity index (χ3v) is 4.39. The number of pyridine rings is 1. The molecule has 3 N–H and O–H groups in total. The zero-order valence-corrected chi connectivity index (χ0v) is 15.2. The highest BCUT2D eigenvalue weighted by molar-refractivity contribution is 6.03. The van der Waals surface area contributed by atoms with Crippen molar-refractivity contribution in [3.63, 3.8) is 0 Å². The van der Waals surface area contributed by atoms with Crippen LogP contribution in [0.3, 0.4) is 0 Å². The minimum Gasteiger partial charge on any atom is -0.486 e. The second-order valence-corrected chi connectivity index (χ2v) is 6.19. The van der Waals surface area contributed by atoms with Crippen molar-refractivity contribution < 1.29 is 19.1 Å². The Morgan fingerprint density at radius 2 is 1.96 bits per heavy atom. The van der Waals surface area contributed by atoms with Crippen LogP contribution >= 0.6 is 12.4 Å². The van der Waals surface area contributed by atoms with Crippen LogP contribution in [0.1, 0.15) is 6.42 Å². The van der Waals surface area contributed by atoms with E-state index in [9.17, 15) is 9.59 Å². The molecule has 8 nitrogen and oxygen atoms in total. The van der Waals surface area contributed by atoms with Crippen LogP contribution in [0.5, 0.6) is 11.5 Å². The van der Waals surface area contributed by atoms with Gasteiger partial charge in [-0.25, -0.2) is 4.98 Å². The molecule has 3 heterocycles. The number of amides is 2. The zero-order chi connectivity index (χ0) is 18.1. The van der Waals surface area contributed by atoms with Gasteiger partial charge in [-0.1, -0.05) is 0 Å². The predicted octanol–water partition coefficient (Wildman–Crippen LogP) is 1.85. The zero-order valence-electron chi connectivity index (χ0n) is 14.4. The summed E-state index contributed by atoms with van der Waals surface area (Å²) in [5.41, 5.74) is 6.78. The molecule has 2 aliphatic rings. The largest absolute Gasteiger partial charge is 0.486 e. The first-order valence-electron chi connectivity index (χ1n) is 8.32. The third-order valence-electron chi connectivity index (χ3n) is 4.39. The first-order chi connectivity index (χ1) is 12.6. The fraction of sp³-hybridized carbons (Fsp3) is 0.278. The van der Waals surface area contributed by atoms with Gasteiger partial charge in [0, 0.05) is 24.7 Å². The Labute approximate surface area is 162 Å². The Morgan fingerprint density at radius 1 is 1.19 bits per heavy atom. The van der Waals surface area contributed by atoms with E-state index < -0.39 is 5.92 Å². The van der Waals surface area contributed by atoms with Crippen molar-refractivity contribution in [1.82, 2.24) is 4.98 Å². The quantitative estimate of drug-likeness (QED) is 0.828. The van der Waals surface area contributed by atoms with E-state index in [1.807, 2.05) is 0 Å². The molecule has 1 saturated heterocycles. The van der Waals surface area contributed by atoms with Crippen molar-refractivity contribution in [2.75, 3.05) is 35.7 Å². The average Bonchev–Trinajstić information content (AvgIpc) is 3.05. The lowest BCUT2D eigenvalue weighted by molar-refractivity contribution is -0.122. The molecule has 142 valence electrons. The summed E-state index contributed by atoms with van der Waals surface area (Å²) in [6, 6.07) is 8.64. The summed E-state index contributed by atoms with van der Waals surface area (Å²) in [7, 11) is 0. The van der Waals surface area contributed by atoms with E-state index in [1.54, 1.807) is 35.2 Å². The summed E-state index contributed by atoms with van der Waals surface area (Å²) in [4.78, 5) is 30.4. The van der Waals surface area contributed by atoms with E-state index >= 15 is 0 Å². The number of nitrogens with one attached hydrogen (secondary N) is 1. The average molecular weight is 391 g/mol. The van der Waals surface area contributed by atoms with Crippen LogP contribution in [0.25, 0.3) is 0 Å². The van der Waals surface area contributed by atoms with Crippen LogP contribution in [0.2, 0.25) is 0 Å². The van der Waals surface area contributed by atoms with Crippen LogP contribution in [-0.4, -0.2) is 36.6 Å². The summed E-state index contributed by atoms with van der Waals surface area (Å²) in [6.45, 7) is 1.30. The highest BCUT2D eigenvalue weighted by atomic mass is 35.5. The van der Waals surface area contributed by atoms with Crippen LogP contribution in [0.15, 0.2) is 36.5 Å². The monoisotopic (exact) mass is 390 g/mol. The fourth-order valence-electron chi connectivity index (χ4n) is 3.06. The Hall–Kier alpha value is -3.00. The molecule has 0 bridgehead atoms. The van der Waals surface area contributed by atoms with Gasteiger partial charge in [0.2, 0.25) is 11.8 Å². The van der Waals surface area contributed by atoms with Gasteiger partial charge >= 0.3 is 0 Å². The SMILES string of the molecule is Cl.Nc1ccc(NC(=O)C2CC(=O)N(c3ccc4c(c3)OCCO4)C2)cn1. The topological polar surface area (TPSA) is 107 Å². The predicted molar refractivity (Wildman–Crippen MR) is 102 cm³/mol. The number of hydrogen-bond donors (Lipinski definition) is 2. The van der Waals surface area contributed by atoms with Crippen molar-refractivity contribution in [1.29, 1.82) is 0 Å². The van der Waals surface area contributed by atoms with E-state index in [-0.39, 0.29) is 30.6 Å². The molecule has 0 spiro atoms. The van der Waals surface area contributed by atoms with Crippen LogP contribution in [-0.2, 0) is 9.59 Å². The second kappa shape index (κ2) is 7.71. The third kappa shape index (κ3) is 3.90. The first-order valence-corrected chi connectivity index (χ1v) is 8.32. The molecule has 0 saturated carbocycles. The van der Waals surface area contributed by atoms with Crippen molar-refractivity contribution in [3.05, 3.63) is 36.5 Å². The summed E-state index contributed by atoms with van der Waals surface area (Å²) in [5.74, 6) is 0.901. The summed E-state index contributed by atoms with van der Waals surface area (Å²) >= 11 is 0. The molecule has 9 heteroatoms. The number of fused-ring (bicyclic) bond motifs is 1. The van der Waals surface area contributed by atoms with Gasteiger partial charge in [-0.15, -0.1) is 12.4 Å². The maximum atomic E-state index is 12.5. The molecule has 1 aromatic carbocycles. The van der Waals surface area contributed by atoms with E-state index in [1.165, 1.54) is 6.20 Å². The summed E-state index contributed by atoms with van der Waals surface area (Å²) in [5, 5.41) is 2.77. The molecular weight excluding hydrogens is 372 g/mol. The normalized spacial score (nSPS) is 18.0. The van der Waals surface area contributed by atoms with Gasteiger partial charge in [0.15, 0.2) is 11.5 Å². The minimum absolute atomic E-state index is 0. The second-order valence-electron chi connectivity index (χ2n) is 6.19. The van der Waals surface area contributed by atoms with Gasteiger partial charge in [0.1, 0.15) is 19.0 Å². The molecule has 1 aromatic heterocycles. The number of halogens is 1. The number of hydrogen-bond acceptors (Lipinski definition) is 6. The Bertz CT molecular complexity index is 859. The molecule has 2 aliphatic heterocycles. The van der Waals surface area contributed by atoms with Crippen LogP contribution < -0.4 is 25.4 Å². The van der Waals surface area contributed by atoms with Gasteiger partial charge in [-0.05, 0) is 24.3 Å². The van der Waals surface area contributed by atoms with E-state index in [2.05, 4.69) is 10.3 Å². The minimum atomic E-state index is -0.437. The van der Waals surface area contributed by atoms with E-state index in [0.717, 1.165) is 0 Å². The van der Waals surface area contributed by atoms with Crippen molar-refractivity contribution >= 4 is 41.4 Å². The Kier molecular flexibility index (Phi) is 5.36. The number of nitrogens with zero attached hydrogens (tertiary/aromatic N) is 2. The molecule has 1 fully saturated rings. The van der Waals surface area contributed by atoms with Gasteiger partial charge in [0.05, 0.1) is 17.8 Å². The standard InChI is InChI=1S/C18H18N4O4.ClH/c19-16-4-1-12(9-20-16)21-18(24)11-7-17(23)22(10-11)13-2-3-14-15(8-13)26-6-5-25-14;/h1-4,8-9,11H,5-7,10H2,(H2,19,20)(H,21,24);1H. The molecule has 1 atom stereocenters. The van der Waals surface area contributed by atoms with Crippen molar-refractivity contribution in [2.24, 2.45) is 5.92 Å². The lowest BCUT2D eigenvalue weighted by Crippen LogP contribution is -2.28. The van der Waals surface area contributed by atoms with Crippen molar-refractivity contribution in [3.8, 4) is 11.5 Å². The lowest BCUT2D eigenvalue weighted by Gasteiger charge is -2.22. The van der Waals surface area contributed by atoms with E-state index in [0.29, 0.717) is 48.5 Å². The number of carbonyl (C=O) groups excluding carboxylic acids is 2. The lowest BCUT2D eigenvalue weighted by atomic mass is 10.1. The number of carbonyl (C=O) groups is 2. The summed E-state index contributed by atoms with van der Waals surface area (Å²) in [6.07, 6.45) is 1.64. The Morgan fingerprint density at radius 3 is 2.70 bits per heavy atom. The first kappa shape index (κ1) is 18.8. The van der Waals surface area contributed by atoms with Gasteiger partial charge < -0.3 is 25.4 Å². The molecule has 2 aromatic rings. The smallest absolute Gasteiger partial charge is 0.229 e. The van der Waals surface area contributed by atoms with E-state index in [4.69, 9.17) is 15.2 Å². The number of aromatic nitrogens is 1. The fourth-order valence-corrected chi connectivity index (χ4v) is 3.06. The number of nitrogen functional groups attached to an aromatic ring is 1. The van der Waals surface area contributed by atoms with Gasteiger partial charge in [-0.3, -0.25) is 9.59 Å². The van der Waals surface area contributed by atoms with Crippen LogP contribution in [0, 0.1) is 5.92 Å². The molecular formula is C18H19ClN4O4. The number of benzene rings is 1. The molecule has 0 radical (unpaired) electrons. The Balaban J connectivity index is 0.00000210. The molecule has 2 amide bonds. The highest BCUT2D eigenvalue weighted by Crippen LogP contribution is 2.36. The molecule has 4 rings (SSSR count). The van der Waals surface area contributed by atoms with Crippen molar-refractivity contribution in [2.45, 2.75) is 6.42 Å². The highest BCUT2D eigenvalue weighted by Gasteiger charge is 2.35. The summed E-state index contributed by atoms with van der Waals surface area (Å²) < 4.78 is 11.1. The number of ether oxygens (including phenoxy) is 2. The van der Waals surface area contributed by atoms with Gasteiger partial charge in [-0.2, -0.15) is 0 Å². The number of anilines is 3. The molecule has 27 heavy (non-hydrogen) atoms. The maximum absolute atomic E-state index is 12.5. The van der Waals surface area contributed by atoms with Crippen LogP contribution in [0.4, 0.5) is 17.2 Å². The number of rotatable bonds is 3.